The summed E-state index contributed by atoms with van der Waals surface area (Å²) in [5.41, 5.74) is 0.653. The molecule has 0 aliphatic carbocycles. The molecule has 0 radical (unpaired) electrons. The molecule has 0 unspecified atom stereocenters. The maximum Gasteiger partial charge on any atom is 0.387 e. The lowest BCUT2D eigenvalue weighted by Gasteiger charge is -2.18. The maximum absolute atomic E-state index is 12.5. The van der Waals surface area contributed by atoms with Gasteiger partial charge in [-0.25, -0.2) is 0 Å². The molecule has 0 atom stereocenters. The van der Waals surface area contributed by atoms with Crippen molar-refractivity contribution in [3.8, 4) is 11.5 Å². The Balaban J connectivity index is 1.98. The lowest BCUT2D eigenvalue weighted by atomic mass is 10.2. The molecule has 0 N–H and O–H groups in total. The Morgan fingerprint density at radius 3 is 2.62 bits per heavy atom. The number of halogens is 3. The zero-order chi connectivity index (χ0) is 19.1. The van der Waals surface area contributed by atoms with E-state index in [0.717, 1.165) is 4.90 Å². The number of amides is 1. The first kappa shape index (κ1) is 20.3. The number of carbonyl (C=O) groups is 1. The van der Waals surface area contributed by atoms with Crippen LogP contribution in [0.5, 0.6) is 11.5 Å². The van der Waals surface area contributed by atoms with Crippen LogP contribution in [0.25, 0.3) is 0 Å². The van der Waals surface area contributed by atoms with E-state index in [1.54, 1.807) is 19.2 Å². The Labute approximate surface area is 160 Å². The lowest BCUT2D eigenvalue weighted by molar-refractivity contribution is -0.127. The van der Waals surface area contributed by atoms with Crippen molar-refractivity contribution < 1.29 is 23.0 Å². The molecule has 2 rings (SSSR count). The molecule has 140 valence electrons. The van der Waals surface area contributed by atoms with Gasteiger partial charge in [0.2, 0.25) is 5.91 Å². The molecular weight excluding hydrogens is 384 g/mol. The topological polar surface area (TPSA) is 38.8 Å². The number of thioether (sulfide) groups is 1. The standard InChI is InChI=1S/C18H18ClF2NO3S/c1-22(17(23)11-26-16-6-4-3-5-13(16)19)10-12-7-8-14(24-2)15(9-12)25-18(20)21/h3-9,18H,10-11H2,1-2H3. The Morgan fingerprint density at radius 2 is 1.96 bits per heavy atom. The molecule has 0 spiro atoms. The second kappa shape index (κ2) is 9.64. The number of hydrogen-bond donors (Lipinski definition) is 0. The largest absolute Gasteiger partial charge is 0.493 e. The molecule has 1 amide bonds. The second-order valence-corrected chi connectivity index (χ2v) is 6.76. The predicted octanol–water partition coefficient (Wildman–Crippen LogP) is 4.70. The molecule has 0 aliphatic rings. The van der Waals surface area contributed by atoms with Gasteiger partial charge in [0.1, 0.15) is 0 Å². The van der Waals surface area contributed by atoms with Gasteiger partial charge < -0.3 is 14.4 Å². The number of rotatable bonds is 8. The van der Waals surface area contributed by atoms with Gasteiger partial charge in [-0.05, 0) is 29.8 Å². The first-order valence-electron chi connectivity index (χ1n) is 7.63. The summed E-state index contributed by atoms with van der Waals surface area (Å²) in [7, 11) is 3.02. The third-order valence-electron chi connectivity index (χ3n) is 3.48. The fraction of sp³-hybridized carbons (Fsp3) is 0.278. The van der Waals surface area contributed by atoms with Gasteiger partial charge >= 0.3 is 6.61 Å². The van der Waals surface area contributed by atoms with E-state index < -0.39 is 6.61 Å². The molecule has 26 heavy (non-hydrogen) atoms. The Kier molecular flexibility index (Phi) is 7.53. The monoisotopic (exact) mass is 401 g/mol. The molecule has 0 heterocycles. The van der Waals surface area contributed by atoms with Crippen LogP contribution in [0.1, 0.15) is 5.56 Å². The lowest BCUT2D eigenvalue weighted by Crippen LogP contribution is -2.27. The van der Waals surface area contributed by atoms with Crippen molar-refractivity contribution in [2.24, 2.45) is 0 Å². The van der Waals surface area contributed by atoms with Crippen LogP contribution >= 0.6 is 23.4 Å². The summed E-state index contributed by atoms with van der Waals surface area (Å²) in [5.74, 6) is 0.252. The highest BCUT2D eigenvalue weighted by molar-refractivity contribution is 8.00. The van der Waals surface area contributed by atoms with Crippen LogP contribution in [0, 0.1) is 0 Å². The molecular formula is C18H18ClF2NO3S. The number of carbonyl (C=O) groups excluding carboxylic acids is 1. The normalized spacial score (nSPS) is 10.7. The van der Waals surface area contributed by atoms with Crippen molar-refractivity contribution in [3.63, 3.8) is 0 Å². The zero-order valence-electron chi connectivity index (χ0n) is 14.2. The smallest absolute Gasteiger partial charge is 0.387 e. The summed E-state index contributed by atoms with van der Waals surface area (Å²) in [6, 6.07) is 12.0. The zero-order valence-corrected chi connectivity index (χ0v) is 15.8. The van der Waals surface area contributed by atoms with Crippen molar-refractivity contribution in [2.45, 2.75) is 18.1 Å². The van der Waals surface area contributed by atoms with Crippen molar-refractivity contribution >= 4 is 29.3 Å². The van der Waals surface area contributed by atoms with Crippen LogP contribution in [0.4, 0.5) is 8.78 Å². The van der Waals surface area contributed by atoms with E-state index in [1.165, 1.54) is 35.9 Å². The molecule has 0 bridgehead atoms. The summed E-state index contributed by atoms with van der Waals surface area (Å²) in [4.78, 5) is 14.6. The minimum atomic E-state index is -2.95. The fourth-order valence-corrected chi connectivity index (χ4v) is 3.36. The quantitative estimate of drug-likeness (QED) is 0.601. The third-order valence-corrected chi connectivity index (χ3v) is 4.98. The highest BCUT2D eigenvalue weighted by Gasteiger charge is 2.15. The molecule has 0 fully saturated rings. The number of benzene rings is 2. The molecule has 0 aromatic heterocycles. The van der Waals surface area contributed by atoms with Crippen LogP contribution in [0.3, 0.4) is 0 Å². The van der Waals surface area contributed by atoms with Gasteiger partial charge in [0.25, 0.3) is 0 Å². The van der Waals surface area contributed by atoms with Crippen LogP contribution in [-0.2, 0) is 11.3 Å². The molecule has 2 aromatic rings. The number of alkyl halides is 2. The molecule has 0 saturated carbocycles. The van der Waals surface area contributed by atoms with E-state index in [2.05, 4.69) is 4.74 Å². The van der Waals surface area contributed by atoms with Gasteiger partial charge in [-0.2, -0.15) is 8.78 Å². The van der Waals surface area contributed by atoms with E-state index in [0.29, 0.717) is 10.6 Å². The van der Waals surface area contributed by atoms with Gasteiger partial charge in [0.05, 0.1) is 17.9 Å². The minimum Gasteiger partial charge on any atom is -0.493 e. The number of nitrogens with zero attached hydrogens (tertiary/aromatic N) is 1. The van der Waals surface area contributed by atoms with Gasteiger partial charge in [-0.1, -0.05) is 29.8 Å². The van der Waals surface area contributed by atoms with Crippen molar-refractivity contribution in [2.75, 3.05) is 19.9 Å². The second-order valence-electron chi connectivity index (χ2n) is 5.33. The SMILES string of the molecule is COc1ccc(CN(C)C(=O)CSc2ccccc2Cl)cc1OC(F)F. The van der Waals surface area contributed by atoms with E-state index in [1.807, 2.05) is 18.2 Å². The van der Waals surface area contributed by atoms with Gasteiger partial charge in [-0.15, -0.1) is 11.8 Å². The average Bonchev–Trinajstić information content (AvgIpc) is 2.60. The van der Waals surface area contributed by atoms with Crippen LogP contribution in [0.15, 0.2) is 47.4 Å². The highest BCUT2D eigenvalue weighted by atomic mass is 35.5. The van der Waals surface area contributed by atoms with Crippen LogP contribution < -0.4 is 9.47 Å². The molecule has 0 aliphatic heterocycles. The Bertz CT molecular complexity index is 761. The predicted molar refractivity (Wildman–Crippen MR) is 98.3 cm³/mol. The third kappa shape index (κ3) is 5.78. The van der Waals surface area contributed by atoms with E-state index in [-0.39, 0.29) is 29.7 Å². The average molecular weight is 402 g/mol. The first-order chi connectivity index (χ1) is 12.4. The summed E-state index contributed by atoms with van der Waals surface area (Å²) in [5, 5.41) is 0.594. The summed E-state index contributed by atoms with van der Waals surface area (Å²) < 4.78 is 34.4. The summed E-state index contributed by atoms with van der Waals surface area (Å²) >= 11 is 7.42. The van der Waals surface area contributed by atoms with Crippen molar-refractivity contribution in [1.29, 1.82) is 0 Å². The van der Waals surface area contributed by atoms with Gasteiger partial charge in [-0.3, -0.25) is 4.79 Å². The van der Waals surface area contributed by atoms with E-state index >= 15 is 0 Å². The van der Waals surface area contributed by atoms with E-state index in [4.69, 9.17) is 16.3 Å². The van der Waals surface area contributed by atoms with Gasteiger partial charge in [0, 0.05) is 18.5 Å². The Hall–Kier alpha value is -1.99. The van der Waals surface area contributed by atoms with E-state index in [9.17, 15) is 13.6 Å². The number of ether oxygens (including phenoxy) is 2. The van der Waals surface area contributed by atoms with Gasteiger partial charge in [0.15, 0.2) is 11.5 Å². The van der Waals surface area contributed by atoms with Crippen molar-refractivity contribution in [1.82, 2.24) is 4.90 Å². The molecule has 8 heteroatoms. The number of hydrogen-bond acceptors (Lipinski definition) is 4. The fourth-order valence-electron chi connectivity index (χ4n) is 2.18. The summed E-state index contributed by atoms with van der Waals surface area (Å²) in [6.45, 7) is -2.70. The van der Waals surface area contributed by atoms with Crippen LogP contribution in [0.2, 0.25) is 5.02 Å². The molecule has 4 nitrogen and oxygen atoms in total. The Morgan fingerprint density at radius 1 is 1.23 bits per heavy atom. The minimum absolute atomic E-state index is 0.0636. The van der Waals surface area contributed by atoms with Crippen LogP contribution in [-0.4, -0.2) is 37.3 Å². The maximum atomic E-state index is 12.5. The number of methoxy groups -OCH3 is 1. The molecule has 0 saturated heterocycles. The first-order valence-corrected chi connectivity index (χ1v) is 9.00. The van der Waals surface area contributed by atoms with Crippen molar-refractivity contribution in [3.05, 3.63) is 53.1 Å². The highest BCUT2D eigenvalue weighted by Crippen LogP contribution is 2.30. The summed E-state index contributed by atoms with van der Waals surface area (Å²) in [6.07, 6.45) is 0. The molecule has 2 aromatic carbocycles.